The van der Waals surface area contributed by atoms with Gasteiger partial charge >= 0.3 is 0 Å². The molecule has 1 atom stereocenters. The third-order valence-corrected chi connectivity index (χ3v) is 4.42. The SMILES string of the molecule is Cc1cn[nH]c1[C@H]1CCCCN1C(=O)c1ccsc1. The number of piperidine rings is 1. The van der Waals surface area contributed by atoms with Gasteiger partial charge in [-0.2, -0.15) is 16.4 Å². The van der Waals surface area contributed by atoms with E-state index in [0.717, 1.165) is 42.6 Å². The van der Waals surface area contributed by atoms with Crippen LogP contribution < -0.4 is 0 Å². The van der Waals surface area contributed by atoms with Crippen molar-refractivity contribution in [3.8, 4) is 0 Å². The summed E-state index contributed by atoms with van der Waals surface area (Å²) in [6.07, 6.45) is 5.09. The lowest BCUT2D eigenvalue weighted by molar-refractivity contribution is 0.0606. The standard InChI is InChI=1S/C14H17N3OS/c1-10-8-15-16-13(10)12-4-2-3-6-17(12)14(18)11-5-7-19-9-11/h5,7-9,12H,2-4,6H2,1H3,(H,15,16)/t12-/m1/s1. The third kappa shape index (κ3) is 2.30. The second-order valence-corrected chi connectivity index (χ2v) is 5.77. The van der Waals surface area contributed by atoms with Gasteiger partial charge < -0.3 is 4.90 Å². The molecule has 100 valence electrons. The van der Waals surface area contributed by atoms with E-state index in [0.29, 0.717) is 0 Å². The van der Waals surface area contributed by atoms with Gasteiger partial charge in [0.1, 0.15) is 0 Å². The molecule has 1 amide bonds. The third-order valence-electron chi connectivity index (χ3n) is 3.73. The average Bonchev–Trinajstić information content (AvgIpc) is 3.09. The molecule has 1 fully saturated rings. The van der Waals surface area contributed by atoms with Gasteiger partial charge in [0.25, 0.3) is 5.91 Å². The molecule has 19 heavy (non-hydrogen) atoms. The van der Waals surface area contributed by atoms with Crippen LogP contribution in [0.4, 0.5) is 0 Å². The van der Waals surface area contributed by atoms with Crippen molar-refractivity contribution in [3.05, 3.63) is 39.8 Å². The van der Waals surface area contributed by atoms with Crippen LogP contribution in [0.3, 0.4) is 0 Å². The molecule has 1 aliphatic rings. The van der Waals surface area contributed by atoms with Gasteiger partial charge in [0.15, 0.2) is 0 Å². The first-order valence-electron chi connectivity index (χ1n) is 6.60. The van der Waals surface area contributed by atoms with E-state index in [1.165, 1.54) is 0 Å². The molecule has 2 aromatic rings. The van der Waals surface area contributed by atoms with Gasteiger partial charge in [-0.3, -0.25) is 9.89 Å². The molecule has 3 heterocycles. The molecule has 1 aliphatic heterocycles. The summed E-state index contributed by atoms with van der Waals surface area (Å²) >= 11 is 1.57. The molecular formula is C14H17N3OS. The number of nitrogens with zero attached hydrogens (tertiary/aromatic N) is 2. The number of aryl methyl sites for hydroxylation is 1. The van der Waals surface area contributed by atoms with Crippen LogP contribution in [0.25, 0.3) is 0 Å². The van der Waals surface area contributed by atoms with Crippen molar-refractivity contribution in [2.75, 3.05) is 6.54 Å². The van der Waals surface area contributed by atoms with E-state index in [9.17, 15) is 4.79 Å². The summed E-state index contributed by atoms with van der Waals surface area (Å²) in [4.78, 5) is 14.6. The Hall–Kier alpha value is -1.62. The molecule has 4 nitrogen and oxygen atoms in total. The number of H-pyrrole nitrogens is 1. The second kappa shape index (κ2) is 5.17. The number of likely N-dealkylation sites (tertiary alicyclic amines) is 1. The summed E-state index contributed by atoms with van der Waals surface area (Å²) < 4.78 is 0. The molecule has 1 saturated heterocycles. The number of rotatable bonds is 2. The highest BCUT2D eigenvalue weighted by molar-refractivity contribution is 7.08. The Morgan fingerprint density at radius 2 is 2.42 bits per heavy atom. The van der Waals surface area contributed by atoms with Crippen molar-refractivity contribution in [1.29, 1.82) is 0 Å². The lowest BCUT2D eigenvalue weighted by Crippen LogP contribution is -2.38. The van der Waals surface area contributed by atoms with Crippen LogP contribution in [0.5, 0.6) is 0 Å². The van der Waals surface area contributed by atoms with Crippen LogP contribution in [0.1, 0.15) is 46.9 Å². The largest absolute Gasteiger partial charge is 0.330 e. The summed E-state index contributed by atoms with van der Waals surface area (Å²) in [7, 11) is 0. The fraction of sp³-hybridized carbons (Fsp3) is 0.429. The Morgan fingerprint density at radius 3 is 3.11 bits per heavy atom. The number of hydrogen-bond donors (Lipinski definition) is 1. The highest BCUT2D eigenvalue weighted by Crippen LogP contribution is 2.32. The highest BCUT2D eigenvalue weighted by Gasteiger charge is 2.30. The number of amides is 1. The van der Waals surface area contributed by atoms with Crippen LogP contribution in [0, 0.1) is 6.92 Å². The maximum atomic E-state index is 12.6. The number of carbonyl (C=O) groups excluding carboxylic acids is 1. The van der Waals surface area contributed by atoms with Gasteiger partial charge in [-0.25, -0.2) is 0 Å². The molecule has 0 aromatic carbocycles. The summed E-state index contributed by atoms with van der Waals surface area (Å²) in [6.45, 7) is 2.87. The van der Waals surface area contributed by atoms with Crippen molar-refractivity contribution in [2.45, 2.75) is 32.2 Å². The number of aromatic amines is 1. The molecule has 2 aromatic heterocycles. The van der Waals surface area contributed by atoms with Gasteiger partial charge in [-0.05, 0) is 43.2 Å². The molecule has 0 aliphatic carbocycles. The quantitative estimate of drug-likeness (QED) is 0.915. The predicted octanol–water partition coefficient (Wildman–Crippen LogP) is 3.15. The van der Waals surface area contributed by atoms with E-state index in [4.69, 9.17) is 0 Å². The lowest BCUT2D eigenvalue weighted by atomic mass is 9.97. The van der Waals surface area contributed by atoms with E-state index < -0.39 is 0 Å². The molecule has 0 bridgehead atoms. The Balaban J connectivity index is 1.90. The minimum absolute atomic E-state index is 0.139. The normalized spacial score (nSPS) is 19.6. The Kier molecular flexibility index (Phi) is 3.38. The molecule has 5 heteroatoms. The topological polar surface area (TPSA) is 49.0 Å². The Morgan fingerprint density at radius 1 is 1.53 bits per heavy atom. The first-order chi connectivity index (χ1) is 9.27. The van der Waals surface area contributed by atoms with Gasteiger partial charge in [0.05, 0.1) is 23.5 Å². The van der Waals surface area contributed by atoms with Crippen molar-refractivity contribution < 1.29 is 4.79 Å². The van der Waals surface area contributed by atoms with Gasteiger partial charge in [-0.15, -0.1) is 0 Å². The number of nitrogens with one attached hydrogen (secondary N) is 1. The van der Waals surface area contributed by atoms with Crippen LogP contribution >= 0.6 is 11.3 Å². The average molecular weight is 275 g/mol. The maximum absolute atomic E-state index is 12.6. The predicted molar refractivity (Wildman–Crippen MR) is 75.3 cm³/mol. The van der Waals surface area contributed by atoms with Crippen LogP contribution in [-0.2, 0) is 0 Å². The zero-order valence-electron chi connectivity index (χ0n) is 10.9. The molecule has 1 N–H and O–H groups in total. The Bertz CT molecular complexity index is 561. The van der Waals surface area contributed by atoms with Crippen molar-refractivity contribution >= 4 is 17.2 Å². The van der Waals surface area contributed by atoms with Crippen molar-refractivity contribution in [3.63, 3.8) is 0 Å². The maximum Gasteiger partial charge on any atom is 0.255 e. The monoisotopic (exact) mass is 275 g/mol. The number of hydrogen-bond acceptors (Lipinski definition) is 3. The van der Waals surface area contributed by atoms with E-state index in [1.807, 2.05) is 34.8 Å². The first-order valence-corrected chi connectivity index (χ1v) is 7.54. The molecule has 0 unspecified atom stereocenters. The van der Waals surface area contributed by atoms with E-state index in [1.54, 1.807) is 11.3 Å². The van der Waals surface area contributed by atoms with Gasteiger partial charge in [0.2, 0.25) is 0 Å². The summed E-state index contributed by atoms with van der Waals surface area (Å²) in [5.41, 5.74) is 3.02. The minimum Gasteiger partial charge on any atom is -0.330 e. The van der Waals surface area contributed by atoms with Crippen LogP contribution in [0.2, 0.25) is 0 Å². The number of thiophene rings is 1. The smallest absolute Gasteiger partial charge is 0.255 e. The molecule has 0 saturated carbocycles. The first kappa shape index (κ1) is 12.4. The second-order valence-electron chi connectivity index (χ2n) is 4.99. The van der Waals surface area contributed by atoms with Crippen molar-refractivity contribution in [1.82, 2.24) is 15.1 Å². The van der Waals surface area contributed by atoms with E-state index >= 15 is 0 Å². The summed E-state index contributed by atoms with van der Waals surface area (Å²) in [5, 5.41) is 11.0. The fourth-order valence-electron chi connectivity index (χ4n) is 2.72. The van der Waals surface area contributed by atoms with Gasteiger partial charge in [0, 0.05) is 11.9 Å². The highest BCUT2D eigenvalue weighted by atomic mass is 32.1. The van der Waals surface area contributed by atoms with E-state index in [2.05, 4.69) is 10.2 Å². The zero-order chi connectivity index (χ0) is 13.2. The zero-order valence-corrected chi connectivity index (χ0v) is 11.7. The molecular weight excluding hydrogens is 258 g/mol. The minimum atomic E-state index is 0.139. The molecule has 0 spiro atoms. The Labute approximate surface area is 116 Å². The molecule has 0 radical (unpaired) electrons. The summed E-state index contributed by atoms with van der Waals surface area (Å²) in [6, 6.07) is 2.04. The van der Waals surface area contributed by atoms with Gasteiger partial charge in [-0.1, -0.05) is 0 Å². The van der Waals surface area contributed by atoms with Crippen LogP contribution in [-0.4, -0.2) is 27.5 Å². The fourth-order valence-corrected chi connectivity index (χ4v) is 3.35. The van der Waals surface area contributed by atoms with E-state index in [-0.39, 0.29) is 11.9 Å². The summed E-state index contributed by atoms with van der Waals surface area (Å²) in [5.74, 6) is 0.139. The lowest BCUT2D eigenvalue weighted by Gasteiger charge is -2.35. The van der Waals surface area contributed by atoms with Crippen molar-refractivity contribution in [2.24, 2.45) is 0 Å². The molecule has 3 rings (SSSR count). The number of carbonyl (C=O) groups is 1. The van der Waals surface area contributed by atoms with Crippen LogP contribution in [0.15, 0.2) is 23.0 Å². The number of aromatic nitrogens is 2.